The number of benzene rings is 2. The van der Waals surface area contributed by atoms with E-state index < -0.39 is 0 Å². The number of aryl methyl sites for hydroxylation is 1. The molecule has 0 spiro atoms. The van der Waals surface area contributed by atoms with Crippen molar-refractivity contribution in [2.45, 2.75) is 37.6 Å². The quantitative estimate of drug-likeness (QED) is 0.422. The van der Waals surface area contributed by atoms with E-state index >= 15 is 0 Å². The average molecular weight is 509 g/mol. The molecule has 3 heterocycles. The number of fused-ring (bicyclic) bond motifs is 2. The molecule has 0 aliphatic carbocycles. The normalized spacial score (nSPS) is 17.2. The Bertz CT molecular complexity index is 1180. The number of anilines is 2. The first-order valence-electron chi connectivity index (χ1n) is 12.5. The summed E-state index contributed by atoms with van der Waals surface area (Å²) < 4.78 is 5.81. The number of nitrogens with one attached hydrogen (secondary N) is 1. The van der Waals surface area contributed by atoms with Gasteiger partial charge in [0.15, 0.2) is 0 Å². The van der Waals surface area contributed by atoms with Gasteiger partial charge in [-0.15, -0.1) is 0 Å². The fourth-order valence-corrected chi connectivity index (χ4v) is 6.68. The van der Waals surface area contributed by atoms with Crippen LogP contribution in [-0.2, 0) is 13.0 Å². The van der Waals surface area contributed by atoms with Crippen molar-refractivity contribution in [2.24, 2.45) is 5.92 Å². The van der Waals surface area contributed by atoms with Crippen LogP contribution in [0.5, 0.6) is 0 Å². The Morgan fingerprint density at radius 1 is 1.09 bits per heavy atom. The van der Waals surface area contributed by atoms with E-state index in [4.69, 9.17) is 4.98 Å². The second-order valence-electron chi connectivity index (χ2n) is 9.94. The van der Waals surface area contributed by atoms with E-state index in [1.807, 2.05) is 18.2 Å². The van der Waals surface area contributed by atoms with Gasteiger partial charge in [-0.25, -0.2) is 14.3 Å². The Morgan fingerprint density at radius 2 is 1.91 bits per heavy atom. The summed E-state index contributed by atoms with van der Waals surface area (Å²) in [4.78, 5) is 15.5. The molecule has 0 atom stereocenters. The molecule has 0 radical (unpaired) electrons. The van der Waals surface area contributed by atoms with Crippen molar-refractivity contribution in [1.29, 1.82) is 0 Å². The van der Waals surface area contributed by atoms with Gasteiger partial charge >= 0.3 is 0 Å². The van der Waals surface area contributed by atoms with Crippen molar-refractivity contribution in [3.05, 3.63) is 53.3 Å². The van der Waals surface area contributed by atoms with Crippen molar-refractivity contribution in [3.63, 3.8) is 0 Å². The molecule has 3 aromatic rings. The number of rotatable bonds is 7. The third-order valence-corrected chi connectivity index (χ3v) is 8.60. The summed E-state index contributed by atoms with van der Waals surface area (Å²) in [7, 11) is 4.47. The molecular weight excluding hydrogens is 472 g/mol. The average Bonchev–Trinajstić information content (AvgIpc) is 2.85. The predicted molar refractivity (Wildman–Crippen MR) is 151 cm³/mol. The molecule has 6 nitrogen and oxygen atoms in total. The number of nitrogens with zero attached hydrogens (tertiary/aromatic N) is 5. The molecule has 1 N–H and O–H groups in total. The smallest absolute Gasteiger partial charge is 0.140 e. The third-order valence-electron chi connectivity index (χ3n) is 7.23. The summed E-state index contributed by atoms with van der Waals surface area (Å²) >= 11 is 3.49. The first-order valence-corrected chi connectivity index (χ1v) is 14.5. The highest BCUT2D eigenvalue weighted by Gasteiger charge is 2.22. The van der Waals surface area contributed by atoms with Gasteiger partial charge in [-0.3, -0.25) is 0 Å². The van der Waals surface area contributed by atoms with E-state index in [0.717, 1.165) is 54.4 Å². The molecule has 5 rings (SSSR count). The van der Waals surface area contributed by atoms with Crippen LogP contribution in [0.15, 0.2) is 41.6 Å². The van der Waals surface area contributed by atoms with Crippen LogP contribution in [0.2, 0.25) is 0 Å². The van der Waals surface area contributed by atoms with Crippen LogP contribution in [0.3, 0.4) is 0 Å². The Kier molecular flexibility index (Phi) is 7.72. The fraction of sp³-hybridized carbons (Fsp3) is 0.481. The highest BCUT2D eigenvalue weighted by Crippen LogP contribution is 2.34. The zero-order valence-electron chi connectivity index (χ0n) is 21.3. The molecule has 35 heavy (non-hydrogen) atoms. The molecule has 0 unspecified atom stereocenters. The van der Waals surface area contributed by atoms with Gasteiger partial charge in [0.25, 0.3) is 0 Å². The van der Waals surface area contributed by atoms with Gasteiger partial charge in [-0.2, -0.15) is 0 Å². The predicted octanol–water partition coefficient (Wildman–Crippen LogP) is 5.47. The van der Waals surface area contributed by atoms with Crippen LogP contribution in [0.4, 0.5) is 11.5 Å². The fourth-order valence-electron chi connectivity index (χ4n) is 5.36. The van der Waals surface area contributed by atoms with Crippen molar-refractivity contribution in [1.82, 2.24) is 19.2 Å². The number of aromatic nitrogens is 2. The van der Waals surface area contributed by atoms with Gasteiger partial charge in [0.2, 0.25) is 0 Å². The second-order valence-corrected chi connectivity index (χ2v) is 11.8. The maximum absolute atomic E-state index is 4.75. The van der Waals surface area contributed by atoms with Crippen LogP contribution in [-0.4, -0.2) is 65.7 Å². The first kappa shape index (κ1) is 24.7. The number of hydrogen-bond acceptors (Lipinski definition) is 8. The second kappa shape index (κ2) is 10.9. The number of hydrogen-bond donors (Lipinski definition) is 1. The summed E-state index contributed by atoms with van der Waals surface area (Å²) in [5.74, 6) is 1.84. The van der Waals surface area contributed by atoms with Crippen LogP contribution >= 0.6 is 23.9 Å². The van der Waals surface area contributed by atoms with E-state index in [-0.39, 0.29) is 0 Å². The van der Waals surface area contributed by atoms with Gasteiger partial charge in [0, 0.05) is 41.9 Å². The van der Waals surface area contributed by atoms with Crippen molar-refractivity contribution < 1.29 is 0 Å². The Labute approximate surface area is 218 Å². The third kappa shape index (κ3) is 5.71. The minimum atomic E-state index is 0.803. The lowest BCUT2D eigenvalue weighted by molar-refractivity contribution is 0.205. The van der Waals surface area contributed by atoms with Crippen LogP contribution in [0.25, 0.3) is 10.9 Å². The Balaban J connectivity index is 1.32. The lowest BCUT2D eigenvalue weighted by Crippen LogP contribution is -2.34. The van der Waals surface area contributed by atoms with E-state index in [2.05, 4.69) is 75.2 Å². The van der Waals surface area contributed by atoms with E-state index in [1.54, 1.807) is 18.3 Å². The highest BCUT2D eigenvalue weighted by atomic mass is 32.2. The topological polar surface area (TPSA) is 47.5 Å². The largest absolute Gasteiger partial charge is 0.351 e. The molecule has 8 heteroatoms. The number of piperidine rings is 1. The summed E-state index contributed by atoms with van der Waals surface area (Å²) in [6.07, 6.45) is 7.41. The monoisotopic (exact) mass is 508 g/mol. The van der Waals surface area contributed by atoms with E-state index in [0.29, 0.717) is 0 Å². The molecule has 186 valence electrons. The van der Waals surface area contributed by atoms with Gasteiger partial charge in [-0.1, -0.05) is 18.0 Å². The maximum atomic E-state index is 4.75. The van der Waals surface area contributed by atoms with Crippen LogP contribution in [0.1, 0.15) is 29.5 Å². The molecule has 1 fully saturated rings. The SMILES string of the molecule is CSNc1cc(C)c2ncnc(N3CCc4ccc(SN(C)CC5CCN(C)CC5)cc4C3)c2c1. The molecule has 0 saturated carbocycles. The lowest BCUT2D eigenvalue weighted by atomic mass is 9.97. The van der Waals surface area contributed by atoms with Gasteiger partial charge in [0.1, 0.15) is 12.1 Å². The summed E-state index contributed by atoms with van der Waals surface area (Å²) in [5, 5.41) is 1.12. The maximum Gasteiger partial charge on any atom is 0.140 e. The van der Waals surface area contributed by atoms with Gasteiger partial charge < -0.3 is 14.5 Å². The van der Waals surface area contributed by atoms with Gasteiger partial charge in [-0.05, 0) is 112 Å². The minimum Gasteiger partial charge on any atom is -0.351 e. The van der Waals surface area contributed by atoms with Crippen molar-refractivity contribution >= 4 is 46.3 Å². The Morgan fingerprint density at radius 3 is 2.71 bits per heavy atom. The van der Waals surface area contributed by atoms with Crippen molar-refractivity contribution in [3.8, 4) is 0 Å². The van der Waals surface area contributed by atoms with Crippen LogP contribution in [0, 0.1) is 12.8 Å². The summed E-state index contributed by atoms with van der Waals surface area (Å²) in [6.45, 7) is 7.59. The molecular formula is C27H36N6S2. The zero-order valence-corrected chi connectivity index (χ0v) is 22.9. The molecule has 1 saturated heterocycles. The minimum absolute atomic E-state index is 0.803. The molecule has 2 aromatic carbocycles. The standard InChI is InChI=1S/C27H36N6S2/c1-19-13-23(30-34-4)15-25-26(19)28-18-29-27(25)33-12-9-21-5-6-24(14-22(21)17-33)35-32(3)16-20-7-10-31(2)11-8-20/h5-6,13-15,18,20,30H,7-12,16-17H2,1-4H3. The Hall–Kier alpha value is -2.00. The molecule has 2 aliphatic rings. The first-order chi connectivity index (χ1) is 17.0. The molecule has 0 amide bonds. The molecule has 0 bridgehead atoms. The van der Waals surface area contributed by atoms with Crippen molar-refractivity contribution in [2.75, 3.05) is 56.2 Å². The highest BCUT2D eigenvalue weighted by molar-refractivity contribution is 7.99. The zero-order chi connectivity index (χ0) is 24.4. The number of likely N-dealkylation sites (tertiary alicyclic amines) is 1. The van der Waals surface area contributed by atoms with Gasteiger partial charge in [0.05, 0.1) is 5.52 Å². The van der Waals surface area contributed by atoms with E-state index in [1.165, 1.54) is 47.5 Å². The molecule has 2 aliphatic heterocycles. The lowest BCUT2D eigenvalue weighted by Gasteiger charge is -2.32. The summed E-state index contributed by atoms with van der Waals surface area (Å²) in [5.41, 5.74) is 6.18. The summed E-state index contributed by atoms with van der Waals surface area (Å²) in [6, 6.07) is 11.4. The molecule has 1 aromatic heterocycles. The van der Waals surface area contributed by atoms with Crippen LogP contribution < -0.4 is 9.62 Å². The van der Waals surface area contributed by atoms with E-state index in [9.17, 15) is 0 Å².